The summed E-state index contributed by atoms with van der Waals surface area (Å²) in [7, 11) is 0. The van der Waals surface area contributed by atoms with Crippen molar-refractivity contribution < 1.29 is 4.42 Å². The molecule has 0 aliphatic carbocycles. The monoisotopic (exact) mass is 792 g/mol. The molecule has 0 N–H and O–H groups in total. The lowest BCUT2D eigenvalue weighted by Gasteiger charge is -2.15. The van der Waals surface area contributed by atoms with Crippen LogP contribution in [0.5, 0.6) is 0 Å². The van der Waals surface area contributed by atoms with Crippen LogP contribution in [0.4, 0.5) is 0 Å². The number of rotatable bonds is 7. The summed E-state index contributed by atoms with van der Waals surface area (Å²) in [6, 6.07) is 76.6. The number of nitrogens with zero attached hydrogens (tertiary/aromatic N) is 4. The van der Waals surface area contributed by atoms with Crippen LogP contribution in [0.1, 0.15) is 0 Å². The Bertz CT molecular complexity index is 3610. The van der Waals surface area contributed by atoms with Crippen molar-refractivity contribution in [3.8, 4) is 73.2 Å². The van der Waals surface area contributed by atoms with Crippen molar-refractivity contribution in [2.75, 3.05) is 0 Å². The van der Waals surface area contributed by atoms with Crippen LogP contribution in [0.3, 0.4) is 0 Å². The Balaban J connectivity index is 1.08. The average Bonchev–Trinajstić information content (AvgIpc) is 3.90. The topological polar surface area (TPSA) is 56.7 Å². The summed E-state index contributed by atoms with van der Waals surface area (Å²) >= 11 is 0. The standard InChI is InChI=1S/C57H36N4O/c1-4-14-37(15-5-1)39-24-26-40(27-25-39)44-32-45(34-46(33-44)61-51-22-12-10-20-47(51)50-35-42(29-31-52(50)61)38-16-6-2-7-17-38)57-59-55(41-18-8-3-9-19-41)58-56(60-57)43-28-30-49-48-21-11-13-23-53(48)62-54(49)36-43/h1-36H. The zero-order chi connectivity index (χ0) is 41.0. The molecule has 0 spiro atoms. The number of aromatic nitrogens is 4. The fourth-order valence-corrected chi connectivity index (χ4v) is 8.80. The first-order valence-electron chi connectivity index (χ1n) is 20.8. The molecule has 0 bridgehead atoms. The summed E-state index contributed by atoms with van der Waals surface area (Å²) in [5.74, 6) is 1.75. The second kappa shape index (κ2) is 14.7. The van der Waals surface area contributed by atoms with Gasteiger partial charge in [-0.1, -0.05) is 164 Å². The number of fused-ring (bicyclic) bond motifs is 6. The Morgan fingerprint density at radius 1 is 0.274 bits per heavy atom. The van der Waals surface area contributed by atoms with E-state index in [1.807, 2.05) is 54.6 Å². The van der Waals surface area contributed by atoms with Gasteiger partial charge in [0.1, 0.15) is 11.2 Å². The zero-order valence-corrected chi connectivity index (χ0v) is 33.5. The van der Waals surface area contributed by atoms with Crippen LogP contribution in [0.2, 0.25) is 0 Å². The van der Waals surface area contributed by atoms with Gasteiger partial charge in [0.2, 0.25) is 0 Å². The Morgan fingerprint density at radius 3 is 1.48 bits per heavy atom. The quantitative estimate of drug-likeness (QED) is 0.161. The highest BCUT2D eigenvalue weighted by Gasteiger charge is 2.19. The molecule has 0 atom stereocenters. The molecule has 0 radical (unpaired) electrons. The van der Waals surface area contributed by atoms with Gasteiger partial charge in [-0.3, -0.25) is 0 Å². The highest BCUT2D eigenvalue weighted by Crippen LogP contribution is 2.39. The van der Waals surface area contributed by atoms with Crippen LogP contribution in [-0.2, 0) is 0 Å². The van der Waals surface area contributed by atoms with E-state index < -0.39 is 0 Å². The van der Waals surface area contributed by atoms with Crippen molar-refractivity contribution in [1.29, 1.82) is 0 Å². The molecule has 0 aliphatic heterocycles. The maximum Gasteiger partial charge on any atom is 0.164 e. The molecular weight excluding hydrogens is 757 g/mol. The van der Waals surface area contributed by atoms with E-state index in [9.17, 15) is 0 Å². The molecule has 3 heterocycles. The van der Waals surface area contributed by atoms with Gasteiger partial charge in [-0.2, -0.15) is 0 Å². The molecule has 0 fully saturated rings. The fraction of sp³-hybridized carbons (Fsp3) is 0. The van der Waals surface area contributed by atoms with E-state index in [4.69, 9.17) is 19.4 Å². The largest absolute Gasteiger partial charge is 0.456 e. The van der Waals surface area contributed by atoms with Gasteiger partial charge in [-0.05, 0) is 88.0 Å². The molecule has 5 nitrogen and oxygen atoms in total. The van der Waals surface area contributed by atoms with Crippen LogP contribution < -0.4 is 0 Å². The van der Waals surface area contributed by atoms with Gasteiger partial charge in [-0.15, -0.1) is 0 Å². The second-order valence-electron chi connectivity index (χ2n) is 15.6. The summed E-state index contributed by atoms with van der Waals surface area (Å²) in [5, 5.41) is 4.52. The Morgan fingerprint density at radius 2 is 0.758 bits per heavy atom. The van der Waals surface area contributed by atoms with E-state index in [0.717, 1.165) is 66.5 Å². The van der Waals surface area contributed by atoms with Gasteiger partial charge >= 0.3 is 0 Å². The molecule has 12 aromatic rings. The molecule has 0 unspecified atom stereocenters. The maximum atomic E-state index is 6.33. The lowest BCUT2D eigenvalue weighted by atomic mass is 9.98. The van der Waals surface area contributed by atoms with Crippen LogP contribution in [0.15, 0.2) is 223 Å². The molecular formula is C57H36N4O. The van der Waals surface area contributed by atoms with Crippen molar-refractivity contribution in [1.82, 2.24) is 19.5 Å². The van der Waals surface area contributed by atoms with Gasteiger partial charge in [-0.25, -0.2) is 15.0 Å². The average molecular weight is 793 g/mol. The SMILES string of the molecule is c1ccc(-c2ccc(-c3cc(-c4nc(-c5ccccc5)nc(-c5ccc6c(c5)oc5ccccc56)n4)cc(-n4c5ccccc5c5cc(-c6ccccc6)ccc54)c3)cc2)cc1. The predicted octanol–water partition coefficient (Wildman–Crippen LogP) is 14.9. The molecule has 5 heteroatoms. The minimum absolute atomic E-state index is 0.570. The zero-order valence-electron chi connectivity index (χ0n) is 33.5. The van der Waals surface area contributed by atoms with Crippen LogP contribution >= 0.6 is 0 Å². The first kappa shape index (κ1) is 35.5. The molecule has 9 aromatic carbocycles. The molecule has 3 aromatic heterocycles. The second-order valence-corrected chi connectivity index (χ2v) is 15.6. The Hall–Kier alpha value is -8.41. The lowest BCUT2D eigenvalue weighted by molar-refractivity contribution is 0.669. The van der Waals surface area contributed by atoms with Crippen molar-refractivity contribution in [3.63, 3.8) is 0 Å². The highest BCUT2D eigenvalue weighted by molar-refractivity contribution is 6.11. The first-order chi connectivity index (χ1) is 30.7. The van der Waals surface area contributed by atoms with E-state index in [2.05, 4.69) is 168 Å². The molecule has 0 aliphatic rings. The van der Waals surface area contributed by atoms with Crippen molar-refractivity contribution in [2.45, 2.75) is 0 Å². The van der Waals surface area contributed by atoms with E-state index in [1.165, 1.54) is 33.0 Å². The summed E-state index contributed by atoms with van der Waals surface area (Å²) in [6.07, 6.45) is 0. The Labute approximate surface area is 357 Å². The maximum absolute atomic E-state index is 6.33. The van der Waals surface area contributed by atoms with E-state index in [1.54, 1.807) is 0 Å². The third-order valence-corrected chi connectivity index (χ3v) is 11.8. The summed E-state index contributed by atoms with van der Waals surface area (Å²) in [5.41, 5.74) is 14.4. The van der Waals surface area contributed by atoms with Crippen molar-refractivity contribution >= 4 is 43.7 Å². The molecule has 290 valence electrons. The lowest BCUT2D eigenvalue weighted by Crippen LogP contribution is -2.02. The molecule has 12 rings (SSSR count). The van der Waals surface area contributed by atoms with Gasteiger partial charge in [0.25, 0.3) is 0 Å². The van der Waals surface area contributed by atoms with E-state index in [0.29, 0.717) is 17.5 Å². The number of para-hydroxylation sites is 2. The van der Waals surface area contributed by atoms with Gasteiger partial charge in [0.15, 0.2) is 17.5 Å². The minimum Gasteiger partial charge on any atom is -0.456 e. The van der Waals surface area contributed by atoms with Gasteiger partial charge < -0.3 is 8.98 Å². The minimum atomic E-state index is 0.570. The number of hydrogen-bond acceptors (Lipinski definition) is 4. The van der Waals surface area contributed by atoms with E-state index in [-0.39, 0.29) is 0 Å². The smallest absolute Gasteiger partial charge is 0.164 e. The first-order valence-corrected chi connectivity index (χ1v) is 20.8. The third-order valence-electron chi connectivity index (χ3n) is 11.8. The number of hydrogen-bond donors (Lipinski definition) is 0. The molecule has 0 saturated heterocycles. The number of benzene rings is 9. The van der Waals surface area contributed by atoms with Crippen molar-refractivity contribution in [2.24, 2.45) is 0 Å². The van der Waals surface area contributed by atoms with Gasteiger partial charge in [0.05, 0.1) is 11.0 Å². The highest BCUT2D eigenvalue weighted by atomic mass is 16.3. The third kappa shape index (κ3) is 6.23. The van der Waals surface area contributed by atoms with Crippen LogP contribution in [-0.4, -0.2) is 19.5 Å². The summed E-state index contributed by atoms with van der Waals surface area (Å²) < 4.78 is 8.71. The van der Waals surface area contributed by atoms with Crippen LogP contribution in [0.25, 0.3) is 117 Å². The van der Waals surface area contributed by atoms with Gasteiger partial charge in [0, 0.05) is 43.9 Å². The van der Waals surface area contributed by atoms with Crippen LogP contribution in [0, 0.1) is 0 Å². The van der Waals surface area contributed by atoms with Crippen molar-refractivity contribution in [3.05, 3.63) is 218 Å². The summed E-state index contributed by atoms with van der Waals surface area (Å²) in [4.78, 5) is 15.6. The molecule has 0 amide bonds. The van der Waals surface area contributed by atoms with E-state index >= 15 is 0 Å². The number of furan rings is 1. The molecule has 0 saturated carbocycles. The fourth-order valence-electron chi connectivity index (χ4n) is 8.80. The normalized spacial score (nSPS) is 11.5. The predicted molar refractivity (Wildman–Crippen MR) is 254 cm³/mol. The summed E-state index contributed by atoms with van der Waals surface area (Å²) in [6.45, 7) is 0. The Kier molecular flexibility index (Phi) is 8.42. The molecule has 62 heavy (non-hydrogen) atoms.